The van der Waals surface area contributed by atoms with E-state index in [9.17, 15) is 5.26 Å². The molecule has 1 aromatic carbocycles. The lowest BCUT2D eigenvalue weighted by Crippen LogP contribution is -2.41. The first-order valence-electron chi connectivity index (χ1n) is 7.71. The van der Waals surface area contributed by atoms with Gasteiger partial charge < -0.3 is 9.31 Å². The van der Waals surface area contributed by atoms with Gasteiger partial charge in [0.1, 0.15) is 0 Å². The molecule has 1 aromatic rings. The molecule has 0 radical (unpaired) electrons. The molecule has 1 aliphatic carbocycles. The molecule has 0 N–H and O–H groups in total. The standard InChI is InChI=1S/C17H22BNO2/c1-16(2)17(3,4)21-18(20-16)15-10-13(9-12-5-6-12)7-8-14(15)11-19/h7-8,10,12H,5-6,9H2,1-4H3. The van der Waals surface area contributed by atoms with Crippen LogP contribution in [0, 0.1) is 17.2 Å². The number of rotatable bonds is 3. The minimum Gasteiger partial charge on any atom is -0.399 e. The second-order valence-corrected chi connectivity index (χ2v) is 7.27. The van der Waals surface area contributed by atoms with Gasteiger partial charge in [0.25, 0.3) is 0 Å². The molecule has 0 aromatic heterocycles. The van der Waals surface area contributed by atoms with Crippen LogP contribution < -0.4 is 5.46 Å². The number of hydrogen-bond acceptors (Lipinski definition) is 3. The first-order valence-corrected chi connectivity index (χ1v) is 7.71. The smallest absolute Gasteiger partial charge is 0.399 e. The van der Waals surface area contributed by atoms with Crippen molar-refractivity contribution in [3.63, 3.8) is 0 Å². The van der Waals surface area contributed by atoms with E-state index in [1.807, 2.05) is 33.8 Å². The maximum Gasteiger partial charge on any atom is 0.496 e. The summed E-state index contributed by atoms with van der Waals surface area (Å²) in [6.07, 6.45) is 3.75. The SMILES string of the molecule is CC1(C)OB(c2cc(CC3CC3)ccc2C#N)OC1(C)C. The number of nitriles is 1. The fourth-order valence-electron chi connectivity index (χ4n) is 2.66. The van der Waals surface area contributed by atoms with Crippen molar-refractivity contribution in [3.05, 3.63) is 29.3 Å². The van der Waals surface area contributed by atoms with Crippen LogP contribution in [0.2, 0.25) is 0 Å². The Kier molecular flexibility index (Phi) is 3.39. The second-order valence-electron chi connectivity index (χ2n) is 7.27. The van der Waals surface area contributed by atoms with E-state index in [1.165, 1.54) is 18.4 Å². The van der Waals surface area contributed by atoms with Gasteiger partial charge in [0, 0.05) is 5.46 Å². The van der Waals surface area contributed by atoms with E-state index in [4.69, 9.17) is 9.31 Å². The highest BCUT2D eigenvalue weighted by Gasteiger charge is 2.52. The topological polar surface area (TPSA) is 42.2 Å². The Balaban J connectivity index is 1.91. The van der Waals surface area contributed by atoms with Gasteiger partial charge in [-0.15, -0.1) is 0 Å². The average Bonchev–Trinajstić information content (AvgIpc) is 3.17. The van der Waals surface area contributed by atoms with Crippen LogP contribution >= 0.6 is 0 Å². The summed E-state index contributed by atoms with van der Waals surface area (Å²) in [5, 5.41) is 9.36. The van der Waals surface area contributed by atoms with E-state index in [1.54, 1.807) is 0 Å². The normalized spacial score (nSPS) is 23.1. The van der Waals surface area contributed by atoms with Gasteiger partial charge >= 0.3 is 7.12 Å². The Hall–Kier alpha value is -1.31. The largest absolute Gasteiger partial charge is 0.496 e. The zero-order valence-corrected chi connectivity index (χ0v) is 13.3. The molecule has 21 heavy (non-hydrogen) atoms. The summed E-state index contributed by atoms with van der Waals surface area (Å²) in [5.74, 6) is 0.823. The molecule has 3 nitrogen and oxygen atoms in total. The van der Waals surface area contributed by atoms with E-state index in [0.717, 1.165) is 17.8 Å². The lowest BCUT2D eigenvalue weighted by Gasteiger charge is -2.32. The zero-order valence-electron chi connectivity index (χ0n) is 13.3. The molecular weight excluding hydrogens is 261 g/mol. The molecule has 0 bridgehead atoms. The molecule has 4 heteroatoms. The van der Waals surface area contributed by atoms with E-state index in [2.05, 4.69) is 18.2 Å². The molecule has 110 valence electrons. The molecule has 1 heterocycles. The van der Waals surface area contributed by atoms with Crippen molar-refractivity contribution in [1.82, 2.24) is 0 Å². The predicted molar refractivity (Wildman–Crippen MR) is 83.3 cm³/mol. The highest BCUT2D eigenvalue weighted by Crippen LogP contribution is 2.37. The van der Waals surface area contributed by atoms with Crippen molar-refractivity contribution in [3.8, 4) is 6.07 Å². The van der Waals surface area contributed by atoms with Gasteiger partial charge in [-0.2, -0.15) is 5.26 Å². The van der Waals surface area contributed by atoms with Crippen LogP contribution in [0.3, 0.4) is 0 Å². The minimum absolute atomic E-state index is 0.378. The zero-order chi connectivity index (χ0) is 15.3. The molecule has 0 unspecified atom stereocenters. The molecule has 2 aliphatic rings. The summed E-state index contributed by atoms with van der Waals surface area (Å²) >= 11 is 0. The monoisotopic (exact) mass is 283 g/mol. The number of nitrogens with zero attached hydrogens (tertiary/aromatic N) is 1. The third-order valence-electron chi connectivity index (χ3n) is 4.96. The fourth-order valence-corrected chi connectivity index (χ4v) is 2.66. The molecule has 0 atom stereocenters. The molecular formula is C17H22BNO2. The van der Waals surface area contributed by atoms with E-state index in [0.29, 0.717) is 5.56 Å². The van der Waals surface area contributed by atoms with Gasteiger partial charge in [0.05, 0.1) is 22.8 Å². The Labute approximate surface area is 127 Å². The van der Waals surface area contributed by atoms with Gasteiger partial charge in [0.2, 0.25) is 0 Å². The molecule has 3 rings (SSSR count). The number of hydrogen-bond donors (Lipinski definition) is 0. The average molecular weight is 283 g/mol. The van der Waals surface area contributed by atoms with Crippen molar-refractivity contribution in [2.75, 3.05) is 0 Å². The van der Waals surface area contributed by atoms with Crippen LogP contribution in [0.25, 0.3) is 0 Å². The molecule has 0 amide bonds. The van der Waals surface area contributed by atoms with Crippen LogP contribution in [0.4, 0.5) is 0 Å². The molecule has 1 saturated carbocycles. The van der Waals surface area contributed by atoms with Crippen LogP contribution in [0.1, 0.15) is 51.7 Å². The van der Waals surface area contributed by atoms with Gasteiger partial charge in [-0.25, -0.2) is 0 Å². The first kappa shape index (κ1) is 14.6. The summed E-state index contributed by atoms with van der Waals surface area (Å²) in [4.78, 5) is 0. The fraction of sp³-hybridized carbons (Fsp3) is 0.588. The van der Waals surface area contributed by atoms with E-state index in [-0.39, 0.29) is 11.2 Å². The Bertz CT molecular complexity index is 583. The molecule has 2 fully saturated rings. The van der Waals surface area contributed by atoms with Gasteiger partial charge in [-0.05, 0) is 64.5 Å². The molecule has 1 aliphatic heterocycles. The third-order valence-corrected chi connectivity index (χ3v) is 4.96. The van der Waals surface area contributed by atoms with Crippen molar-refractivity contribution in [2.24, 2.45) is 5.92 Å². The van der Waals surface area contributed by atoms with Crippen LogP contribution in [-0.4, -0.2) is 18.3 Å². The van der Waals surface area contributed by atoms with Crippen LogP contribution in [0.15, 0.2) is 18.2 Å². The van der Waals surface area contributed by atoms with Gasteiger partial charge in [0.15, 0.2) is 0 Å². The summed E-state index contributed by atoms with van der Waals surface area (Å²) < 4.78 is 12.2. The Morgan fingerprint density at radius 1 is 1.19 bits per heavy atom. The maximum atomic E-state index is 9.36. The van der Waals surface area contributed by atoms with Crippen molar-refractivity contribution < 1.29 is 9.31 Å². The lowest BCUT2D eigenvalue weighted by atomic mass is 9.75. The Morgan fingerprint density at radius 3 is 2.33 bits per heavy atom. The van der Waals surface area contributed by atoms with E-state index >= 15 is 0 Å². The lowest BCUT2D eigenvalue weighted by molar-refractivity contribution is 0.00578. The highest BCUT2D eigenvalue weighted by molar-refractivity contribution is 6.62. The van der Waals surface area contributed by atoms with Gasteiger partial charge in [-0.3, -0.25) is 0 Å². The maximum absolute atomic E-state index is 9.36. The van der Waals surface area contributed by atoms with Crippen LogP contribution in [0.5, 0.6) is 0 Å². The van der Waals surface area contributed by atoms with E-state index < -0.39 is 7.12 Å². The predicted octanol–water partition coefficient (Wildman–Crippen LogP) is 2.81. The summed E-state index contributed by atoms with van der Waals surface area (Å²) in [6, 6.07) is 8.32. The quantitative estimate of drug-likeness (QED) is 0.801. The molecule has 1 saturated heterocycles. The first-order chi connectivity index (χ1) is 9.82. The van der Waals surface area contributed by atoms with Crippen molar-refractivity contribution in [1.29, 1.82) is 5.26 Å². The van der Waals surface area contributed by atoms with Crippen molar-refractivity contribution in [2.45, 2.75) is 58.2 Å². The van der Waals surface area contributed by atoms with Crippen molar-refractivity contribution >= 4 is 12.6 Å². The summed E-state index contributed by atoms with van der Waals surface area (Å²) in [7, 11) is -0.455. The minimum atomic E-state index is -0.455. The Morgan fingerprint density at radius 2 is 1.81 bits per heavy atom. The van der Waals surface area contributed by atoms with Crippen LogP contribution in [-0.2, 0) is 15.7 Å². The third kappa shape index (κ3) is 2.73. The summed E-state index contributed by atoms with van der Waals surface area (Å²) in [6.45, 7) is 8.14. The molecule has 0 spiro atoms. The number of benzene rings is 1. The van der Waals surface area contributed by atoms with Gasteiger partial charge in [-0.1, -0.05) is 12.1 Å². The highest BCUT2D eigenvalue weighted by atomic mass is 16.7. The second kappa shape index (κ2) is 4.86. The summed E-state index contributed by atoms with van der Waals surface area (Å²) in [5.41, 5.74) is 2.04.